The zero-order chi connectivity index (χ0) is 13.4. The van der Waals surface area contributed by atoms with Gasteiger partial charge >= 0.3 is 11.7 Å². The summed E-state index contributed by atoms with van der Waals surface area (Å²) in [6.45, 7) is 1.18. The number of hydrogen-bond donors (Lipinski definition) is 2. The molecule has 3 rings (SSSR count). The molecule has 1 atom stereocenters. The van der Waals surface area contributed by atoms with Crippen molar-refractivity contribution in [2.45, 2.75) is 25.5 Å². The Morgan fingerprint density at radius 2 is 2.37 bits per heavy atom. The fraction of sp³-hybridized carbons (Fsp3) is 0.385. The molecular weight excluding hydrogens is 248 g/mol. The maximum atomic E-state index is 12.0. The van der Waals surface area contributed by atoms with E-state index in [-0.39, 0.29) is 17.4 Å². The van der Waals surface area contributed by atoms with E-state index >= 15 is 0 Å². The summed E-state index contributed by atoms with van der Waals surface area (Å²) in [5.74, 6) is -1.05. The number of rotatable bonds is 3. The molecule has 0 bridgehead atoms. The van der Waals surface area contributed by atoms with Gasteiger partial charge in [0, 0.05) is 6.61 Å². The van der Waals surface area contributed by atoms with Gasteiger partial charge in [0.1, 0.15) is 0 Å². The molecule has 2 heterocycles. The Labute approximate surface area is 108 Å². The maximum Gasteiger partial charge on any atom is 0.337 e. The van der Waals surface area contributed by atoms with E-state index in [0.717, 1.165) is 19.4 Å². The first kappa shape index (κ1) is 12.0. The molecule has 2 aromatic rings. The van der Waals surface area contributed by atoms with Gasteiger partial charge in [-0.05, 0) is 25.0 Å². The van der Waals surface area contributed by atoms with Crippen LogP contribution in [0, 0.1) is 0 Å². The maximum absolute atomic E-state index is 12.0. The monoisotopic (exact) mass is 262 g/mol. The number of ether oxygens (including phenoxy) is 1. The summed E-state index contributed by atoms with van der Waals surface area (Å²) >= 11 is 0. The molecular formula is C13H14N2O4. The highest BCUT2D eigenvalue weighted by Crippen LogP contribution is 2.19. The molecule has 1 aliphatic rings. The molecule has 2 N–H and O–H groups in total. The van der Waals surface area contributed by atoms with Gasteiger partial charge in [0.05, 0.1) is 29.2 Å². The zero-order valence-corrected chi connectivity index (χ0v) is 10.3. The van der Waals surface area contributed by atoms with Crippen LogP contribution in [0.5, 0.6) is 0 Å². The molecule has 6 heteroatoms. The van der Waals surface area contributed by atoms with E-state index in [1.54, 1.807) is 16.7 Å². The third-order valence-corrected chi connectivity index (χ3v) is 3.45. The van der Waals surface area contributed by atoms with E-state index in [0.29, 0.717) is 17.6 Å². The van der Waals surface area contributed by atoms with Crippen LogP contribution >= 0.6 is 0 Å². The fourth-order valence-electron chi connectivity index (χ4n) is 2.53. The first-order valence-electron chi connectivity index (χ1n) is 6.23. The van der Waals surface area contributed by atoms with Crippen molar-refractivity contribution >= 4 is 17.0 Å². The highest BCUT2D eigenvalue weighted by Gasteiger charge is 2.20. The van der Waals surface area contributed by atoms with Gasteiger partial charge in [0.25, 0.3) is 0 Å². The summed E-state index contributed by atoms with van der Waals surface area (Å²) < 4.78 is 7.07. The molecule has 0 radical (unpaired) electrons. The number of aromatic carboxylic acids is 1. The number of imidazole rings is 1. The van der Waals surface area contributed by atoms with Gasteiger partial charge in [0.15, 0.2) is 0 Å². The zero-order valence-electron chi connectivity index (χ0n) is 10.3. The van der Waals surface area contributed by atoms with Crippen molar-refractivity contribution in [2.24, 2.45) is 0 Å². The number of para-hydroxylation sites is 1. The number of carboxylic acid groups (broad SMARTS) is 1. The van der Waals surface area contributed by atoms with Crippen LogP contribution < -0.4 is 5.69 Å². The standard InChI is InChI=1S/C13H14N2O4/c16-12(17)9-4-1-5-10-11(9)14-13(18)15(10)7-8-3-2-6-19-8/h1,4-5,8H,2-3,6-7H2,(H,14,18)(H,16,17). The van der Waals surface area contributed by atoms with Gasteiger partial charge in [-0.15, -0.1) is 0 Å². The number of nitrogens with one attached hydrogen (secondary N) is 1. The Hall–Kier alpha value is -2.08. The molecule has 0 aliphatic carbocycles. The van der Waals surface area contributed by atoms with Crippen LogP contribution in [0.25, 0.3) is 11.0 Å². The number of H-pyrrole nitrogens is 1. The van der Waals surface area contributed by atoms with E-state index in [1.165, 1.54) is 6.07 Å². The quantitative estimate of drug-likeness (QED) is 0.870. The van der Waals surface area contributed by atoms with Crippen LogP contribution in [0.4, 0.5) is 0 Å². The number of aromatic nitrogens is 2. The molecule has 19 heavy (non-hydrogen) atoms. The molecule has 1 unspecified atom stereocenters. The minimum absolute atomic E-state index is 0.0326. The number of hydrogen-bond acceptors (Lipinski definition) is 3. The lowest BCUT2D eigenvalue weighted by Gasteiger charge is -2.10. The third-order valence-electron chi connectivity index (χ3n) is 3.45. The number of nitrogens with zero attached hydrogens (tertiary/aromatic N) is 1. The van der Waals surface area contributed by atoms with Crippen molar-refractivity contribution in [2.75, 3.05) is 6.61 Å². The molecule has 100 valence electrons. The predicted molar refractivity (Wildman–Crippen MR) is 68.5 cm³/mol. The van der Waals surface area contributed by atoms with Gasteiger partial charge in [-0.3, -0.25) is 4.57 Å². The second kappa shape index (κ2) is 4.55. The highest BCUT2D eigenvalue weighted by molar-refractivity contribution is 6.00. The second-order valence-electron chi connectivity index (χ2n) is 4.68. The lowest BCUT2D eigenvalue weighted by Crippen LogP contribution is -2.24. The summed E-state index contributed by atoms with van der Waals surface area (Å²) in [6.07, 6.45) is 1.96. The van der Waals surface area contributed by atoms with Crippen molar-refractivity contribution in [1.82, 2.24) is 9.55 Å². The topological polar surface area (TPSA) is 84.3 Å². The van der Waals surface area contributed by atoms with Gasteiger partial charge in [0.2, 0.25) is 0 Å². The average molecular weight is 262 g/mol. The molecule has 6 nitrogen and oxygen atoms in total. The van der Waals surface area contributed by atoms with Gasteiger partial charge in [-0.2, -0.15) is 0 Å². The normalized spacial score (nSPS) is 19.1. The van der Waals surface area contributed by atoms with Crippen LogP contribution in [0.3, 0.4) is 0 Å². The van der Waals surface area contributed by atoms with Crippen LogP contribution in [-0.4, -0.2) is 33.3 Å². The minimum Gasteiger partial charge on any atom is -0.478 e. The van der Waals surface area contributed by atoms with Crippen LogP contribution in [0.1, 0.15) is 23.2 Å². The Balaban J connectivity index is 2.09. The summed E-state index contributed by atoms with van der Waals surface area (Å²) in [7, 11) is 0. The van der Waals surface area contributed by atoms with E-state index in [1.807, 2.05) is 0 Å². The number of aromatic amines is 1. The lowest BCUT2D eigenvalue weighted by atomic mass is 10.2. The molecule has 0 saturated carbocycles. The van der Waals surface area contributed by atoms with Gasteiger partial charge in [-0.1, -0.05) is 6.07 Å². The van der Waals surface area contributed by atoms with Crippen molar-refractivity contribution < 1.29 is 14.6 Å². The molecule has 1 aromatic carbocycles. The van der Waals surface area contributed by atoms with Gasteiger partial charge < -0.3 is 14.8 Å². The predicted octanol–water partition coefficient (Wildman–Crippen LogP) is 1.21. The molecule has 1 aliphatic heterocycles. The Morgan fingerprint density at radius 3 is 3.05 bits per heavy atom. The Morgan fingerprint density at radius 1 is 1.53 bits per heavy atom. The van der Waals surface area contributed by atoms with Crippen LogP contribution in [0.15, 0.2) is 23.0 Å². The first-order chi connectivity index (χ1) is 9.16. The van der Waals surface area contributed by atoms with Crippen molar-refractivity contribution in [3.05, 3.63) is 34.2 Å². The molecule has 1 aromatic heterocycles. The van der Waals surface area contributed by atoms with Crippen LogP contribution in [-0.2, 0) is 11.3 Å². The fourth-order valence-corrected chi connectivity index (χ4v) is 2.53. The van der Waals surface area contributed by atoms with Crippen molar-refractivity contribution in [3.8, 4) is 0 Å². The van der Waals surface area contributed by atoms with E-state index < -0.39 is 5.97 Å². The first-order valence-corrected chi connectivity index (χ1v) is 6.23. The number of carbonyl (C=O) groups is 1. The molecule has 1 saturated heterocycles. The summed E-state index contributed by atoms with van der Waals surface area (Å²) in [4.78, 5) is 25.7. The second-order valence-corrected chi connectivity index (χ2v) is 4.68. The van der Waals surface area contributed by atoms with Gasteiger partial charge in [-0.25, -0.2) is 9.59 Å². The summed E-state index contributed by atoms with van der Waals surface area (Å²) in [6, 6.07) is 4.87. The van der Waals surface area contributed by atoms with Crippen molar-refractivity contribution in [3.63, 3.8) is 0 Å². The molecule has 0 amide bonds. The number of fused-ring (bicyclic) bond motifs is 1. The van der Waals surface area contributed by atoms with E-state index in [2.05, 4.69) is 4.98 Å². The summed E-state index contributed by atoms with van der Waals surface area (Å²) in [5.41, 5.74) is 0.804. The smallest absolute Gasteiger partial charge is 0.337 e. The lowest BCUT2D eigenvalue weighted by molar-refractivity contribution is 0.0699. The molecule has 0 spiro atoms. The summed E-state index contributed by atoms with van der Waals surface area (Å²) in [5, 5.41) is 9.11. The number of carboxylic acids is 1. The average Bonchev–Trinajstić information content (AvgIpc) is 2.98. The Bertz CT molecular complexity index is 679. The largest absolute Gasteiger partial charge is 0.478 e. The van der Waals surface area contributed by atoms with Crippen molar-refractivity contribution in [1.29, 1.82) is 0 Å². The minimum atomic E-state index is -1.05. The Kier molecular flexibility index (Phi) is 2.87. The number of benzene rings is 1. The third kappa shape index (κ3) is 2.04. The van der Waals surface area contributed by atoms with Crippen LogP contribution in [0.2, 0.25) is 0 Å². The van der Waals surface area contributed by atoms with E-state index in [4.69, 9.17) is 9.84 Å². The SMILES string of the molecule is O=C(O)c1cccc2c1[nH]c(=O)n2CC1CCCO1. The molecule has 1 fully saturated rings. The highest BCUT2D eigenvalue weighted by atomic mass is 16.5. The van der Waals surface area contributed by atoms with E-state index in [9.17, 15) is 9.59 Å².